The molecule has 5 rings (SSSR count). The average Bonchev–Trinajstić information content (AvgIpc) is 3.46. The predicted octanol–water partition coefficient (Wildman–Crippen LogP) is 4.62. The van der Waals surface area contributed by atoms with Gasteiger partial charge in [-0.25, -0.2) is 9.97 Å². The molecular formula is C24H26N8S. The summed E-state index contributed by atoms with van der Waals surface area (Å²) in [7, 11) is 0. The third-order valence-electron chi connectivity index (χ3n) is 6.03. The Kier molecular flexibility index (Phi) is 5.79. The zero-order valence-corrected chi connectivity index (χ0v) is 19.5. The van der Waals surface area contributed by atoms with Crippen molar-refractivity contribution in [3.05, 3.63) is 47.4 Å². The lowest BCUT2D eigenvalue weighted by atomic mass is 9.87. The second kappa shape index (κ2) is 8.89. The number of nitrogens with one attached hydrogen (secondary N) is 1. The highest BCUT2D eigenvalue weighted by Crippen LogP contribution is 2.38. The Bertz CT molecular complexity index is 1320. The van der Waals surface area contributed by atoms with Gasteiger partial charge in [0, 0.05) is 53.7 Å². The summed E-state index contributed by atoms with van der Waals surface area (Å²) in [5.41, 5.74) is 9.27. The van der Waals surface area contributed by atoms with E-state index in [0.29, 0.717) is 17.5 Å². The van der Waals surface area contributed by atoms with E-state index in [1.54, 1.807) is 17.5 Å². The molecule has 0 saturated heterocycles. The van der Waals surface area contributed by atoms with Gasteiger partial charge >= 0.3 is 0 Å². The van der Waals surface area contributed by atoms with Crippen LogP contribution in [0.15, 0.2) is 36.8 Å². The van der Waals surface area contributed by atoms with Gasteiger partial charge < -0.3 is 11.1 Å². The fourth-order valence-electron chi connectivity index (χ4n) is 4.32. The van der Waals surface area contributed by atoms with Crippen LogP contribution in [0.25, 0.3) is 27.4 Å². The number of fused-ring (bicyclic) bond motifs is 1. The lowest BCUT2D eigenvalue weighted by Gasteiger charge is -2.23. The number of nitrogens with two attached hydrogens (primary N) is 1. The molecule has 168 valence electrons. The predicted molar refractivity (Wildman–Crippen MR) is 130 cm³/mol. The van der Waals surface area contributed by atoms with Crippen LogP contribution in [0.2, 0.25) is 0 Å². The summed E-state index contributed by atoms with van der Waals surface area (Å²) in [5.74, 6) is 1.19. The van der Waals surface area contributed by atoms with Crippen LogP contribution in [-0.4, -0.2) is 36.8 Å². The van der Waals surface area contributed by atoms with Crippen LogP contribution < -0.4 is 11.1 Å². The van der Waals surface area contributed by atoms with Crippen molar-refractivity contribution in [1.29, 1.82) is 5.26 Å². The maximum Gasteiger partial charge on any atom is 0.151 e. The van der Waals surface area contributed by atoms with Crippen molar-refractivity contribution in [2.24, 2.45) is 5.73 Å². The molecule has 0 bridgehead atoms. The van der Waals surface area contributed by atoms with E-state index in [4.69, 9.17) is 16.0 Å². The number of aromatic nitrogens is 5. The van der Waals surface area contributed by atoms with Gasteiger partial charge in [-0.05, 0) is 51.7 Å². The van der Waals surface area contributed by atoms with Crippen molar-refractivity contribution in [2.45, 2.75) is 57.5 Å². The average molecular weight is 459 g/mol. The first-order chi connectivity index (χ1) is 16.0. The highest BCUT2D eigenvalue weighted by molar-refractivity contribution is 7.14. The van der Waals surface area contributed by atoms with Gasteiger partial charge in [0.2, 0.25) is 0 Å². The van der Waals surface area contributed by atoms with E-state index in [9.17, 15) is 0 Å². The second-order valence-corrected chi connectivity index (χ2v) is 9.89. The Morgan fingerprint density at radius 3 is 2.73 bits per heavy atom. The second-order valence-electron chi connectivity index (χ2n) is 8.88. The van der Waals surface area contributed by atoms with E-state index in [2.05, 4.69) is 40.4 Å². The first-order valence-electron chi connectivity index (χ1n) is 11.3. The molecule has 4 heterocycles. The monoisotopic (exact) mass is 458 g/mol. The highest BCUT2D eigenvalue weighted by atomic mass is 32.1. The van der Waals surface area contributed by atoms with E-state index in [1.165, 1.54) is 0 Å². The largest absolute Gasteiger partial charge is 0.382 e. The van der Waals surface area contributed by atoms with Gasteiger partial charge in [-0.2, -0.15) is 5.26 Å². The molecule has 1 fully saturated rings. The molecule has 0 unspecified atom stereocenters. The molecule has 4 aromatic rings. The van der Waals surface area contributed by atoms with Crippen molar-refractivity contribution in [3.8, 4) is 22.5 Å². The Morgan fingerprint density at radius 2 is 1.97 bits per heavy atom. The van der Waals surface area contributed by atoms with Gasteiger partial charge in [-0.1, -0.05) is 11.3 Å². The zero-order valence-electron chi connectivity index (χ0n) is 18.7. The number of pyridine rings is 2. The lowest BCUT2D eigenvalue weighted by Crippen LogP contribution is -2.25. The van der Waals surface area contributed by atoms with Gasteiger partial charge in [0.15, 0.2) is 5.01 Å². The van der Waals surface area contributed by atoms with Gasteiger partial charge in [-0.3, -0.25) is 4.57 Å². The molecule has 0 spiro atoms. The first-order valence-corrected chi connectivity index (χ1v) is 12.1. The van der Waals surface area contributed by atoms with Gasteiger partial charge in [-0.15, -0.1) is 10.2 Å². The quantitative estimate of drug-likeness (QED) is 0.448. The Morgan fingerprint density at radius 1 is 1.15 bits per heavy atom. The number of hydrogen-bond donors (Lipinski definition) is 2. The minimum Gasteiger partial charge on any atom is -0.382 e. The third-order valence-corrected chi connectivity index (χ3v) is 7.15. The topological polar surface area (TPSA) is 118 Å². The van der Waals surface area contributed by atoms with Crippen molar-refractivity contribution in [1.82, 2.24) is 24.7 Å². The molecule has 0 aromatic carbocycles. The normalized spacial score (nSPS) is 18.5. The standard InChI is InChI=1S/C24H26N8S/c1-14(2)29-20-10-21(32-8-7-17-9-15(11-25)12-28-22(17)32)27-13-19(20)24-31-30-23(33-24)16-3-5-18(26)6-4-16/h7-10,12-14,16,18H,3-6,26H2,1-2H3,(H,27,29)/t16-,18-. The third kappa shape index (κ3) is 4.32. The maximum atomic E-state index is 9.14. The van der Waals surface area contributed by atoms with Crippen LogP contribution in [0.1, 0.15) is 56.0 Å². The van der Waals surface area contributed by atoms with Crippen LogP contribution in [-0.2, 0) is 0 Å². The summed E-state index contributed by atoms with van der Waals surface area (Å²) < 4.78 is 1.93. The van der Waals surface area contributed by atoms with E-state index in [1.807, 2.05) is 35.2 Å². The fraction of sp³-hybridized carbons (Fsp3) is 0.375. The Labute approximate surface area is 196 Å². The minimum absolute atomic E-state index is 0.240. The number of nitriles is 1. The SMILES string of the molecule is CC(C)Nc1cc(-n2ccc3cc(C#N)cnc32)ncc1-c1nnc([C@H]2CC[C@H](N)CC2)s1. The van der Waals surface area contributed by atoms with Crippen LogP contribution in [0.4, 0.5) is 5.69 Å². The molecule has 9 heteroatoms. The van der Waals surface area contributed by atoms with Crippen LogP contribution in [0.3, 0.4) is 0 Å². The molecule has 8 nitrogen and oxygen atoms in total. The number of nitrogens with zero attached hydrogens (tertiary/aromatic N) is 6. The summed E-state index contributed by atoms with van der Waals surface area (Å²) in [5, 5.41) is 24.6. The number of hydrogen-bond acceptors (Lipinski definition) is 8. The molecule has 3 N–H and O–H groups in total. The van der Waals surface area contributed by atoms with Crippen LogP contribution >= 0.6 is 11.3 Å². The molecule has 1 aliphatic rings. The first kappa shape index (κ1) is 21.5. The van der Waals surface area contributed by atoms with E-state index < -0.39 is 0 Å². The van der Waals surface area contributed by atoms with Gasteiger partial charge in [0.1, 0.15) is 22.5 Å². The highest BCUT2D eigenvalue weighted by Gasteiger charge is 2.24. The molecule has 4 aromatic heterocycles. The van der Waals surface area contributed by atoms with E-state index in [0.717, 1.165) is 63.8 Å². The minimum atomic E-state index is 0.240. The molecule has 1 saturated carbocycles. The van der Waals surface area contributed by atoms with Crippen LogP contribution in [0, 0.1) is 11.3 Å². The summed E-state index contributed by atoms with van der Waals surface area (Å²) in [4.78, 5) is 9.20. The Hall–Kier alpha value is -3.35. The van der Waals surface area contributed by atoms with Gasteiger partial charge in [0.25, 0.3) is 0 Å². The Balaban J connectivity index is 1.50. The van der Waals surface area contributed by atoms with Crippen molar-refractivity contribution < 1.29 is 0 Å². The van der Waals surface area contributed by atoms with E-state index >= 15 is 0 Å². The lowest BCUT2D eigenvalue weighted by molar-refractivity contribution is 0.393. The number of anilines is 1. The summed E-state index contributed by atoms with van der Waals surface area (Å²) in [6.07, 6.45) is 9.61. The summed E-state index contributed by atoms with van der Waals surface area (Å²) in [6.45, 7) is 4.22. The van der Waals surface area contributed by atoms with Crippen molar-refractivity contribution >= 4 is 28.1 Å². The molecule has 0 aliphatic heterocycles. The molecule has 0 atom stereocenters. The number of rotatable bonds is 5. The molecule has 0 radical (unpaired) electrons. The molecule has 0 amide bonds. The molecular weight excluding hydrogens is 432 g/mol. The summed E-state index contributed by atoms with van der Waals surface area (Å²) in [6, 6.07) is 8.50. The maximum absolute atomic E-state index is 9.14. The molecule has 1 aliphatic carbocycles. The van der Waals surface area contributed by atoms with Crippen LogP contribution in [0.5, 0.6) is 0 Å². The fourth-order valence-corrected chi connectivity index (χ4v) is 5.36. The zero-order chi connectivity index (χ0) is 22.9. The molecule has 33 heavy (non-hydrogen) atoms. The smallest absolute Gasteiger partial charge is 0.151 e. The van der Waals surface area contributed by atoms with Gasteiger partial charge in [0.05, 0.1) is 11.1 Å². The van der Waals surface area contributed by atoms with Crippen molar-refractivity contribution in [2.75, 3.05) is 5.32 Å². The van der Waals surface area contributed by atoms with Crippen molar-refractivity contribution in [3.63, 3.8) is 0 Å². The summed E-state index contributed by atoms with van der Waals surface area (Å²) >= 11 is 1.65. The van der Waals surface area contributed by atoms with E-state index in [-0.39, 0.29) is 6.04 Å².